The van der Waals surface area contributed by atoms with Crippen LogP contribution < -0.4 is 4.74 Å². The molecule has 0 fully saturated rings. The lowest BCUT2D eigenvalue weighted by Gasteiger charge is -2.37. The zero-order valence-corrected chi connectivity index (χ0v) is 27.9. The fourth-order valence-electron chi connectivity index (χ4n) is 3.27. The van der Waals surface area contributed by atoms with E-state index in [4.69, 9.17) is 13.6 Å². The van der Waals surface area contributed by atoms with Crippen LogP contribution in [0.1, 0.15) is 76.5 Å². The van der Waals surface area contributed by atoms with Gasteiger partial charge in [0.1, 0.15) is 12.4 Å². The van der Waals surface area contributed by atoms with E-state index in [-0.39, 0.29) is 16.7 Å². The zero-order valence-electron chi connectivity index (χ0n) is 25.1. The molecule has 7 heteroatoms. The molecule has 0 aliphatic heterocycles. The van der Waals surface area contributed by atoms with Crippen molar-refractivity contribution in [3.05, 3.63) is 57.3 Å². The Morgan fingerprint density at radius 1 is 0.865 bits per heavy atom. The number of ether oxygens (including phenoxy) is 1. The fraction of sp³-hybridized carbons (Fsp3) is 0.600. The van der Waals surface area contributed by atoms with Crippen molar-refractivity contribution in [1.29, 1.82) is 0 Å². The molecule has 0 atom stereocenters. The Hall–Kier alpha value is -1.23. The lowest BCUT2D eigenvalue weighted by Crippen LogP contribution is -2.41. The van der Waals surface area contributed by atoms with Gasteiger partial charge in [0, 0.05) is 4.88 Å². The Labute approximate surface area is 232 Å². The van der Waals surface area contributed by atoms with Crippen molar-refractivity contribution in [1.82, 2.24) is 0 Å². The van der Waals surface area contributed by atoms with E-state index < -0.39 is 16.6 Å². The predicted octanol–water partition coefficient (Wildman–Crippen LogP) is 9.16. The number of benzene rings is 1. The molecular weight excluding hydrogens is 513 g/mol. The Morgan fingerprint density at radius 3 is 1.95 bits per heavy atom. The van der Waals surface area contributed by atoms with Crippen LogP contribution in [0.2, 0.25) is 36.3 Å². The van der Waals surface area contributed by atoms with Crippen molar-refractivity contribution in [3.63, 3.8) is 0 Å². The van der Waals surface area contributed by atoms with E-state index in [1.165, 1.54) is 16.7 Å². The molecule has 208 valence electrons. The molecule has 1 aromatic heterocycles. The van der Waals surface area contributed by atoms with Crippen LogP contribution in [-0.4, -0.2) is 28.3 Å². The topological polar surface area (TPSA) is 47.9 Å². The van der Waals surface area contributed by atoms with Gasteiger partial charge in [-0.1, -0.05) is 60.6 Å². The van der Waals surface area contributed by atoms with Crippen LogP contribution in [0.25, 0.3) is 5.57 Å². The van der Waals surface area contributed by atoms with E-state index in [9.17, 15) is 5.11 Å². The largest absolute Gasteiger partial charge is 0.488 e. The van der Waals surface area contributed by atoms with Crippen molar-refractivity contribution >= 4 is 33.5 Å². The summed E-state index contributed by atoms with van der Waals surface area (Å²) in [5, 5.41) is 11.7. The molecule has 2 aromatic rings. The maximum atomic E-state index is 9.28. The molecule has 0 aliphatic rings. The molecule has 0 spiro atoms. The highest BCUT2D eigenvalue weighted by atomic mass is 32.1. The van der Waals surface area contributed by atoms with Crippen molar-refractivity contribution in [2.45, 2.75) is 111 Å². The molecule has 37 heavy (non-hydrogen) atoms. The van der Waals surface area contributed by atoms with Gasteiger partial charge in [-0.15, -0.1) is 11.3 Å². The van der Waals surface area contributed by atoms with Gasteiger partial charge in [-0.25, -0.2) is 0 Å². The summed E-state index contributed by atoms with van der Waals surface area (Å²) >= 11 is 1.69. The average Bonchev–Trinajstić information content (AvgIpc) is 3.26. The molecule has 0 bridgehead atoms. The third-order valence-corrected chi connectivity index (χ3v) is 18.0. The quantitative estimate of drug-likeness (QED) is 0.262. The first-order valence-electron chi connectivity index (χ1n) is 13.4. The van der Waals surface area contributed by atoms with Gasteiger partial charge in [-0.2, -0.15) is 0 Å². The molecule has 0 aliphatic carbocycles. The summed E-state index contributed by atoms with van der Waals surface area (Å²) in [6.07, 6.45) is 2.78. The molecular formula is C30H50O4SSi2. The second-order valence-electron chi connectivity index (χ2n) is 12.9. The van der Waals surface area contributed by atoms with Gasteiger partial charge in [-0.3, -0.25) is 0 Å². The standard InChI is InChI=1S/C30H50O4SSi2/c1-12-23(15-16-31)26-18-28(35-22-26)21-32-27-14-13-24(19-33-36(8,9)29(2,3)4)25(17-27)20-34-37(10,11)30(5,6)7/h13-15,17-18,22,31H,12,16,19-21H2,1-11H3/b23-15+. The number of hydrogen-bond acceptors (Lipinski definition) is 5. The Bertz CT molecular complexity index is 1040. The SMILES string of the molecule is CC/C(=C\CO)c1csc(COc2ccc(CO[Si](C)(C)C(C)(C)C)c(CO[Si](C)(C)C(C)(C)C)c2)c1. The third-order valence-electron chi connectivity index (χ3n) is 8.09. The van der Waals surface area contributed by atoms with Crippen LogP contribution in [0.4, 0.5) is 0 Å². The second-order valence-corrected chi connectivity index (χ2v) is 23.5. The van der Waals surface area contributed by atoms with E-state index in [0.717, 1.165) is 22.6 Å². The van der Waals surface area contributed by atoms with Crippen LogP contribution in [0.15, 0.2) is 35.7 Å². The molecule has 1 heterocycles. The molecule has 4 nitrogen and oxygen atoms in total. The summed E-state index contributed by atoms with van der Waals surface area (Å²) < 4.78 is 19.4. The van der Waals surface area contributed by atoms with E-state index in [2.05, 4.69) is 104 Å². The minimum atomic E-state index is -1.90. The van der Waals surface area contributed by atoms with E-state index in [0.29, 0.717) is 19.8 Å². The van der Waals surface area contributed by atoms with E-state index in [1.54, 1.807) is 11.3 Å². The summed E-state index contributed by atoms with van der Waals surface area (Å²) in [4.78, 5) is 1.16. The first kappa shape index (κ1) is 32.0. The molecule has 2 rings (SSSR count). The number of aliphatic hydroxyl groups excluding tert-OH is 1. The highest BCUT2D eigenvalue weighted by Gasteiger charge is 2.38. The number of thiophene rings is 1. The summed E-state index contributed by atoms with van der Waals surface area (Å²) in [6.45, 7) is 26.7. The molecule has 1 aromatic carbocycles. The van der Waals surface area contributed by atoms with Gasteiger partial charge in [0.2, 0.25) is 0 Å². The highest BCUT2D eigenvalue weighted by Crippen LogP contribution is 2.39. The molecule has 0 amide bonds. The minimum Gasteiger partial charge on any atom is -0.488 e. The number of hydrogen-bond donors (Lipinski definition) is 1. The lowest BCUT2D eigenvalue weighted by molar-refractivity contribution is 0.255. The first-order chi connectivity index (χ1) is 17.0. The van der Waals surface area contributed by atoms with Gasteiger partial charge in [-0.05, 0) is 88.5 Å². The van der Waals surface area contributed by atoms with Gasteiger partial charge in [0.05, 0.1) is 19.8 Å². The summed E-state index contributed by atoms with van der Waals surface area (Å²) in [7, 11) is -3.77. The number of rotatable bonds is 12. The Morgan fingerprint density at radius 2 is 1.43 bits per heavy atom. The summed E-state index contributed by atoms with van der Waals surface area (Å²) in [5.41, 5.74) is 4.66. The Balaban J connectivity index is 2.23. The minimum absolute atomic E-state index is 0.0655. The summed E-state index contributed by atoms with van der Waals surface area (Å²) in [5.74, 6) is 0.849. The Kier molecular flexibility index (Phi) is 11.0. The monoisotopic (exact) mass is 562 g/mol. The van der Waals surface area contributed by atoms with Crippen LogP contribution in [-0.2, 0) is 28.7 Å². The molecule has 0 saturated carbocycles. The van der Waals surface area contributed by atoms with Crippen molar-refractivity contribution in [3.8, 4) is 5.75 Å². The van der Waals surface area contributed by atoms with Crippen molar-refractivity contribution in [2.75, 3.05) is 6.61 Å². The van der Waals surface area contributed by atoms with Crippen LogP contribution >= 0.6 is 11.3 Å². The predicted molar refractivity (Wildman–Crippen MR) is 164 cm³/mol. The van der Waals surface area contributed by atoms with Gasteiger partial charge < -0.3 is 18.7 Å². The molecule has 1 N–H and O–H groups in total. The van der Waals surface area contributed by atoms with Gasteiger partial charge >= 0.3 is 0 Å². The summed E-state index contributed by atoms with van der Waals surface area (Å²) in [6, 6.07) is 8.50. The number of aliphatic hydroxyl groups is 1. The highest BCUT2D eigenvalue weighted by molar-refractivity contribution is 7.10. The molecule has 0 unspecified atom stereocenters. The fourth-order valence-corrected chi connectivity index (χ4v) is 5.99. The third kappa shape index (κ3) is 8.90. The van der Waals surface area contributed by atoms with Gasteiger partial charge in [0.15, 0.2) is 16.6 Å². The van der Waals surface area contributed by atoms with Crippen LogP contribution in [0.3, 0.4) is 0 Å². The van der Waals surface area contributed by atoms with Crippen LogP contribution in [0.5, 0.6) is 5.75 Å². The second kappa shape index (κ2) is 12.8. The van der Waals surface area contributed by atoms with Crippen molar-refractivity contribution in [2.24, 2.45) is 0 Å². The van der Waals surface area contributed by atoms with E-state index in [1.807, 2.05) is 6.08 Å². The lowest BCUT2D eigenvalue weighted by atomic mass is 10.1. The maximum Gasteiger partial charge on any atom is 0.192 e. The zero-order chi connectivity index (χ0) is 28.1. The maximum absolute atomic E-state index is 9.28. The molecule has 0 saturated heterocycles. The molecule has 0 radical (unpaired) electrons. The van der Waals surface area contributed by atoms with Crippen molar-refractivity contribution < 1.29 is 18.7 Å². The normalized spacial score (nSPS) is 13.8. The average molecular weight is 563 g/mol. The van der Waals surface area contributed by atoms with Gasteiger partial charge in [0.25, 0.3) is 0 Å². The smallest absolute Gasteiger partial charge is 0.192 e. The first-order valence-corrected chi connectivity index (χ1v) is 20.1. The van der Waals surface area contributed by atoms with E-state index >= 15 is 0 Å². The van der Waals surface area contributed by atoms with Crippen LogP contribution in [0, 0.1) is 0 Å². The number of allylic oxidation sites excluding steroid dienone is 1.